The third-order valence-electron chi connectivity index (χ3n) is 2.49. The topological polar surface area (TPSA) is 73.3 Å². The molecule has 7 heteroatoms. The van der Waals surface area contributed by atoms with E-state index < -0.39 is 0 Å². The number of carbonyl (C=O) groups excluding carboxylic acids is 1. The number of methoxy groups -OCH3 is 2. The van der Waals surface area contributed by atoms with E-state index in [1.165, 1.54) is 20.3 Å². The Bertz CT molecular complexity index is 617. The second kappa shape index (κ2) is 6.21. The molecule has 0 atom stereocenters. The summed E-state index contributed by atoms with van der Waals surface area (Å²) in [7, 11) is 3.00. The van der Waals surface area contributed by atoms with Gasteiger partial charge in [0.25, 0.3) is 5.91 Å². The molecule has 0 unspecified atom stereocenters. The average Bonchev–Trinajstić information content (AvgIpc) is 2.47. The number of hydrogen-bond acceptors (Lipinski definition) is 5. The van der Waals surface area contributed by atoms with E-state index in [2.05, 4.69) is 15.5 Å². The molecule has 0 aliphatic heterocycles. The van der Waals surface area contributed by atoms with E-state index in [-0.39, 0.29) is 11.6 Å². The van der Waals surface area contributed by atoms with Gasteiger partial charge < -0.3 is 14.8 Å². The molecule has 0 saturated heterocycles. The first kappa shape index (κ1) is 14.1. The van der Waals surface area contributed by atoms with Crippen LogP contribution in [-0.4, -0.2) is 30.3 Å². The summed E-state index contributed by atoms with van der Waals surface area (Å²) in [6.45, 7) is 0. The molecule has 1 aromatic carbocycles. The van der Waals surface area contributed by atoms with Crippen molar-refractivity contribution < 1.29 is 14.3 Å². The third-order valence-corrected chi connectivity index (χ3v) is 2.79. The van der Waals surface area contributed by atoms with Crippen molar-refractivity contribution >= 4 is 23.2 Å². The first-order valence-corrected chi connectivity index (χ1v) is 6.04. The Morgan fingerprint density at radius 1 is 1.15 bits per heavy atom. The number of rotatable bonds is 4. The summed E-state index contributed by atoms with van der Waals surface area (Å²) >= 11 is 5.98. The van der Waals surface area contributed by atoms with Crippen LogP contribution >= 0.6 is 11.6 Å². The van der Waals surface area contributed by atoms with Gasteiger partial charge >= 0.3 is 0 Å². The van der Waals surface area contributed by atoms with Gasteiger partial charge in [-0.2, -0.15) is 0 Å². The van der Waals surface area contributed by atoms with Crippen LogP contribution in [0.1, 0.15) is 10.5 Å². The number of amides is 1. The zero-order chi connectivity index (χ0) is 14.5. The minimum Gasteiger partial charge on any atom is -0.495 e. The van der Waals surface area contributed by atoms with Gasteiger partial charge in [-0.05, 0) is 24.3 Å². The number of ether oxygens (including phenoxy) is 2. The minimum absolute atomic E-state index is 0.178. The number of nitrogens with zero attached hydrogens (tertiary/aromatic N) is 2. The Balaban J connectivity index is 2.12. The van der Waals surface area contributed by atoms with Crippen LogP contribution in [-0.2, 0) is 0 Å². The predicted octanol–water partition coefficient (Wildman–Crippen LogP) is 2.40. The van der Waals surface area contributed by atoms with Crippen molar-refractivity contribution in [2.45, 2.75) is 0 Å². The highest BCUT2D eigenvalue weighted by molar-refractivity contribution is 6.32. The summed E-state index contributed by atoms with van der Waals surface area (Å²) in [5.74, 6) is 0.490. The highest BCUT2D eigenvalue weighted by Crippen LogP contribution is 2.27. The molecular weight excluding hydrogens is 282 g/mol. The second-order valence-electron chi connectivity index (χ2n) is 3.76. The van der Waals surface area contributed by atoms with Gasteiger partial charge in [-0.25, -0.2) is 0 Å². The van der Waals surface area contributed by atoms with Crippen LogP contribution in [0.25, 0.3) is 0 Å². The second-order valence-corrected chi connectivity index (χ2v) is 4.17. The standard InChI is InChI=1S/C13H12ClN3O3/c1-19-11-5-3-8(7-9(11)14)15-13(18)10-4-6-12(20-2)17-16-10/h3-7H,1-2H3,(H,15,18). The van der Waals surface area contributed by atoms with E-state index in [0.717, 1.165) is 0 Å². The van der Waals surface area contributed by atoms with Gasteiger partial charge in [-0.3, -0.25) is 4.79 Å². The molecule has 0 fully saturated rings. The molecule has 2 rings (SSSR count). The van der Waals surface area contributed by atoms with Crippen LogP contribution in [0.15, 0.2) is 30.3 Å². The Morgan fingerprint density at radius 2 is 1.95 bits per heavy atom. The summed E-state index contributed by atoms with van der Waals surface area (Å²) in [6.07, 6.45) is 0. The van der Waals surface area contributed by atoms with Gasteiger partial charge in [0.2, 0.25) is 5.88 Å². The molecule has 1 aromatic heterocycles. The van der Waals surface area contributed by atoms with Gasteiger partial charge in [-0.15, -0.1) is 10.2 Å². The number of benzene rings is 1. The SMILES string of the molecule is COc1ccc(C(=O)Nc2ccc(OC)c(Cl)c2)nn1. The van der Waals surface area contributed by atoms with Gasteiger partial charge in [0.05, 0.1) is 19.2 Å². The van der Waals surface area contributed by atoms with E-state index >= 15 is 0 Å². The van der Waals surface area contributed by atoms with Crippen molar-refractivity contribution in [2.75, 3.05) is 19.5 Å². The van der Waals surface area contributed by atoms with Crippen molar-refractivity contribution in [3.63, 3.8) is 0 Å². The number of anilines is 1. The number of hydrogen-bond donors (Lipinski definition) is 1. The number of nitrogens with one attached hydrogen (secondary N) is 1. The van der Waals surface area contributed by atoms with Crippen LogP contribution in [0.2, 0.25) is 5.02 Å². The molecule has 1 N–H and O–H groups in total. The number of aromatic nitrogens is 2. The molecule has 104 valence electrons. The Labute approximate surface area is 120 Å². The molecule has 0 spiro atoms. The average molecular weight is 294 g/mol. The molecule has 0 aliphatic rings. The summed E-state index contributed by atoms with van der Waals surface area (Å²) in [6, 6.07) is 8.02. The van der Waals surface area contributed by atoms with Crippen molar-refractivity contribution in [3.8, 4) is 11.6 Å². The maximum absolute atomic E-state index is 12.0. The van der Waals surface area contributed by atoms with Crippen LogP contribution in [0.3, 0.4) is 0 Å². The molecule has 20 heavy (non-hydrogen) atoms. The molecule has 0 aliphatic carbocycles. The summed E-state index contributed by atoms with van der Waals surface area (Å²) in [5.41, 5.74) is 0.719. The maximum Gasteiger partial charge on any atom is 0.276 e. The highest BCUT2D eigenvalue weighted by atomic mass is 35.5. The van der Waals surface area contributed by atoms with E-state index in [4.69, 9.17) is 21.1 Å². The summed E-state index contributed by atoms with van der Waals surface area (Å²) < 4.78 is 9.91. The van der Waals surface area contributed by atoms with E-state index in [9.17, 15) is 4.79 Å². The molecule has 6 nitrogen and oxygen atoms in total. The van der Waals surface area contributed by atoms with Crippen molar-refractivity contribution in [1.29, 1.82) is 0 Å². The lowest BCUT2D eigenvalue weighted by atomic mass is 10.3. The normalized spacial score (nSPS) is 9.95. The third kappa shape index (κ3) is 3.16. The fourth-order valence-electron chi connectivity index (χ4n) is 1.49. The van der Waals surface area contributed by atoms with Crippen LogP contribution < -0.4 is 14.8 Å². The van der Waals surface area contributed by atoms with Crippen molar-refractivity contribution in [2.24, 2.45) is 0 Å². The molecule has 0 radical (unpaired) electrons. The first-order chi connectivity index (χ1) is 9.63. The molecule has 1 heterocycles. The fraction of sp³-hybridized carbons (Fsp3) is 0.154. The highest BCUT2D eigenvalue weighted by Gasteiger charge is 2.10. The first-order valence-electron chi connectivity index (χ1n) is 5.66. The van der Waals surface area contributed by atoms with Crippen LogP contribution in [0.5, 0.6) is 11.6 Å². The van der Waals surface area contributed by atoms with Gasteiger partial charge in [0.1, 0.15) is 5.75 Å². The lowest BCUT2D eigenvalue weighted by molar-refractivity contribution is 0.102. The van der Waals surface area contributed by atoms with E-state index in [1.54, 1.807) is 24.3 Å². The quantitative estimate of drug-likeness (QED) is 0.937. The molecule has 2 aromatic rings. The monoisotopic (exact) mass is 293 g/mol. The molecule has 0 saturated carbocycles. The van der Waals surface area contributed by atoms with E-state index in [1.807, 2.05) is 0 Å². The Hall–Kier alpha value is -2.34. The predicted molar refractivity (Wildman–Crippen MR) is 74.5 cm³/mol. The van der Waals surface area contributed by atoms with Gasteiger partial charge in [0, 0.05) is 11.8 Å². The van der Waals surface area contributed by atoms with E-state index in [0.29, 0.717) is 22.3 Å². The van der Waals surface area contributed by atoms with Crippen LogP contribution in [0, 0.1) is 0 Å². The number of halogens is 1. The zero-order valence-electron chi connectivity index (χ0n) is 10.9. The molecule has 1 amide bonds. The largest absolute Gasteiger partial charge is 0.495 e. The Morgan fingerprint density at radius 3 is 2.50 bits per heavy atom. The Kier molecular flexibility index (Phi) is 4.37. The van der Waals surface area contributed by atoms with Crippen molar-refractivity contribution in [3.05, 3.63) is 41.0 Å². The fourth-order valence-corrected chi connectivity index (χ4v) is 1.75. The lowest BCUT2D eigenvalue weighted by Gasteiger charge is -2.07. The zero-order valence-corrected chi connectivity index (χ0v) is 11.6. The van der Waals surface area contributed by atoms with Gasteiger partial charge in [-0.1, -0.05) is 11.6 Å². The number of carbonyl (C=O) groups is 1. The summed E-state index contributed by atoms with van der Waals surface area (Å²) in [5, 5.41) is 10.6. The lowest BCUT2D eigenvalue weighted by Crippen LogP contribution is -2.14. The smallest absolute Gasteiger partial charge is 0.276 e. The molecular formula is C13H12ClN3O3. The summed E-state index contributed by atoms with van der Waals surface area (Å²) in [4.78, 5) is 12.0. The van der Waals surface area contributed by atoms with Crippen LogP contribution in [0.4, 0.5) is 5.69 Å². The van der Waals surface area contributed by atoms with Crippen molar-refractivity contribution in [1.82, 2.24) is 10.2 Å². The van der Waals surface area contributed by atoms with Gasteiger partial charge in [0.15, 0.2) is 5.69 Å². The maximum atomic E-state index is 12.0. The minimum atomic E-state index is -0.388. The molecule has 0 bridgehead atoms.